The Labute approximate surface area is 135 Å². The zero-order valence-corrected chi connectivity index (χ0v) is 12.9. The fourth-order valence-corrected chi connectivity index (χ4v) is 2.83. The highest BCUT2D eigenvalue weighted by Crippen LogP contribution is 2.30. The SMILES string of the molecule is COc1ccc(CN2C(=O)C=C[C@H](O)[C@@H]2c2ccccc2)cc1. The van der Waals surface area contributed by atoms with Gasteiger partial charge in [0.15, 0.2) is 0 Å². The minimum absolute atomic E-state index is 0.0972. The summed E-state index contributed by atoms with van der Waals surface area (Å²) in [4.78, 5) is 14.1. The number of nitrogens with zero attached hydrogens (tertiary/aromatic N) is 1. The Kier molecular flexibility index (Phi) is 4.44. The summed E-state index contributed by atoms with van der Waals surface area (Å²) in [6.45, 7) is 0.434. The van der Waals surface area contributed by atoms with Crippen molar-refractivity contribution in [2.75, 3.05) is 7.11 Å². The second-order valence-corrected chi connectivity index (χ2v) is 5.52. The Bertz CT molecular complexity index is 694. The normalized spacial score (nSPS) is 20.6. The first-order chi connectivity index (χ1) is 11.2. The van der Waals surface area contributed by atoms with E-state index in [9.17, 15) is 9.90 Å². The molecule has 0 bridgehead atoms. The van der Waals surface area contributed by atoms with E-state index < -0.39 is 6.10 Å². The average Bonchev–Trinajstić information content (AvgIpc) is 2.60. The summed E-state index contributed by atoms with van der Waals surface area (Å²) in [7, 11) is 1.62. The number of benzene rings is 2. The highest BCUT2D eigenvalue weighted by molar-refractivity contribution is 5.89. The maximum atomic E-state index is 12.4. The molecule has 0 aromatic heterocycles. The summed E-state index contributed by atoms with van der Waals surface area (Å²) < 4.78 is 5.16. The third kappa shape index (κ3) is 3.27. The Morgan fingerprint density at radius 1 is 1.09 bits per heavy atom. The number of aliphatic hydroxyl groups excluding tert-OH is 1. The monoisotopic (exact) mass is 309 g/mol. The molecule has 3 rings (SSSR count). The van der Waals surface area contributed by atoms with Gasteiger partial charge >= 0.3 is 0 Å². The lowest BCUT2D eigenvalue weighted by Gasteiger charge is -2.36. The van der Waals surface area contributed by atoms with E-state index in [0.29, 0.717) is 6.54 Å². The maximum absolute atomic E-state index is 12.4. The molecular formula is C19H19NO3. The molecule has 118 valence electrons. The summed E-state index contributed by atoms with van der Waals surface area (Å²) in [6.07, 6.45) is 2.28. The molecule has 0 fully saturated rings. The van der Waals surface area contributed by atoms with Crippen LogP contribution in [0.4, 0.5) is 0 Å². The van der Waals surface area contributed by atoms with Gasteiger partial charge in [-0.1, -0.05) is 42.5 Å². The van der Waals surface area contributed by atoms with Gasteiger partial charge in [0.05, 0.1) is 19.3 Å². The Balaban J connectivity index is 1.89. The first-order valence-electron chi connectivity index (χ1n) is 7.54. The van der Waals surface area contributed by atoms with Gasteiger partial charge in [-0.25, -0.2) is 0 Å². The topological polar surface area (TPSA) is 49.8 Å². The number of rotatable bonds is 4. The van der Waals surface area contributed by atoms with Crippen LogP contribution in [-0.2, 0) is 11.3 Å². The minimum Gasteiger partial charge on any atom is -0.497 e. The number of carbonyl (C=O) groups excluding carboxylic acids is 1. The molecule has 4 nitrogen and oxygen atoms in total. The van der Waals surface area contributed by atoms with Crippen LogP contribution in [0.3, 0.4) is 0 Å². The highest BCUT2D eigenvalue weighted by atomic mass is 16.5. The van der Waals surface area contributed by atoms with Crippen molar-refractivity contribution in [1.29, 1.82) is 0 Å². The number of hydrogen-bond donors (Lipinski definition) is 1. The number of amides is 1. The Hall–Kier alpha value is -2.59. The Morgan fingerprint density at radius 3 is 2.43 bits per heavy atom. The molecule has 2 aromatic carbocycles. The number of hydrogen-bond acceptors (Lipinski definition) is 3. The van der Waals surface area contributed by atoms with Crippen molar-refractivity contribution in [3.05, 3.63) is 77.9 Å². The van der Waals surface area contributed by atoms with E-state index in [0.717, 1.165) is 16.9 Å². The van der Waals surface area contributed by atoms with Crippen LogP contribution in [-0.4, -0.2) is 29.1 Å². The van der Waals surface area contributed by atoms with Gasteiger partial charge in [0.25, 0.3) is 0 Å². The van der Waals surface area contributed by atoms with E-state index in [1.165, 1.54) is 6.08 Å². The van der Waals surface area contributed by atoms with Crippen molar-refractivity contribution >= 4 is 5.91 Å². The van der Waals surface area contributed by atoms with E-state index in [1.807, 2.05) is 54.6 Å². The second kappa shape index (κ2) is 6.67. The van der Waals surface area contributed by atoms with E-state index in [1.54, 1.807) is 18.1 Å². The molecule has 1 heterocycles. The fourth-order valence-electron chi connectivity index (χ4n) is 2.83. The summed E-state index contributed by atoms with van der Waals surface area (Å²) in [5.74, 6) is 0.679. The van der Waals surface area contributed by atoms with Crippen molar-refractivity contribution in [2.24, 2.45) is 0 Å². The van der Waals surface area contributed by atoms with Crippen molar-refractivity contribution in [1.82, 2.24) is 4.90 Å². The molecule has 23 heavy (non-hydrogen) atoms. The zero-order valence-electron chi connectivity index (χ0n) is 12.9. The van der Waals surface area contributed by atoms with Crippen LogP contribution < -0.4 is 4.74 Å². The van der Waals surface area contributed by atoms with E-state index in [-0.39, 0.29) is 11.9 Å². The summed E-state index contributed by atoms with van der Waals surface area (Å²) in [5.41, 5.74) is 1.91. The third-order valence-corrected chi connectivity index (χ3v) is 4.03. The van der Waals surface area contributed by atoms with Crippen LogP contribution in [0.15, 0.2) is 66.7 Å². The number of aliphatic hydroxyl groups is 1. The zero-order chi connectivity index (χ0) is 16.2. The van der Waals surface area contributed by atoms with Gasteiger partial charge in [0, 0.05) is 12.6 Å². The van der Waals surface area contributed by atoms with Crippen molar-refractivity contribution in [3.63, 3.8) is 0 Å². The number of ether oxygens (including phenoxy) is 1. The van der Waals surface area contributed by atoms with Crippen LogP contribution in [0.5, 0.6) is 5.75 Å². The third-order valence-electron chi connectivity index (χ3n) is 4.03. The fraction of sp³-hybridized carbons (Fsp3) is 0.211. The number of methoxy groups -OCH3 is 1. The lowest BCUT2D eigenvalue weighted by Crippen LogP contribution is -2.42. The highest BCUT2D eigenvalue weighted by Gasteiger charge is 2.32. The van der Waals surface area contributed by atoms with E-state index in [2.05, 4.69) is 0 Å². The van der Waals surface area contributed by atoms with Gasteiger partial charge < -0.3 is 14.7 Å². The van der Waals surface area contributed by atoms with Crippen LogP contribution in [0.2, 0.25) is 0 Å². The molecule has 1 aliphatic rings. The summed E-state index contributed by atoms with van der Waals surface area (Å²) in [5, 5.41) is 10.4. The molecule has 1 amide bonds. The van der Waals surface area contributed by atoms with Crippen LogP contribution in [0.1, 0.15) is 17.2 Å². The maximum Gasteiger partial charge on any atom is 0.247 e. The molecule has 0 radical (unpaired) electrons. The second-order valence-electron chi connectivity index (χ2n) is 5.52. The van der Waals surface area contributed by atoms with Gasteiger partial charge in [-0.2, -0.15) is 0 Å². The standard InChI is InChI=1S/C19H19NO3/c1-23-16-9-7-14(8-10-16)13-20-18(22)12-11-17(21)19(20)15-5-3-2-4-6-15/h2-12,17,19,21H,13H2,1H3/t17-,19-/m0/s1. The first-order valence-corrected chi connectivity index (χ1v) is 7.54. The van der Waals surface area contributed by atoms with Crippen molar-refractivity contribution in [2.45, 2.75) is 18.7 Å². The van der Waals surface area contributed by atoms with Gasteiger partial charge in [-0.3, -0.25) is 4.79 Å². The predicted molar refractivity (Wildman–Crippen MR) is 87.9 cm³/mol. The number of carbonyl (C=O) groups is 1. The first kappa shape index (κ1) is 15.3. The average molecular weight is 309 g/mol. The molecule has 0 spiro atoms. The van der Waals surface area contributed by atoms with Crippen molar-refractivity contribution in [3.8, 4) is 5.75 Å². The van der Waals surface area contributed by atoms with Crippen LogP contribution in [0.25, 0.3) is 0 Å². The van der Waals surface area contributed by atoms with Crippen LogP contribution in [0, 0.1) is 0 Å². The molecule has 0 saturated heterocycles. The Morgan fingerprint density at radius 2 is 1.78 bits per heavy atom. The summed E-state index contributed by atoms with van der Waals surface area (Å²) >= 11 is 0. The van der Waals surface area contributed by atoms with Gasteiger partial charge in [-0.05, 0) is 29.3 Å². The largest absolute Gasteiger partial charge is 0.497 e. The molecule has 0 aliphatic carbocycles. The molecule has 1 aliphatic heterocycles. The minimum atomic E-state index is -0.714. The molecular weight excluding hydrogens is 290 g/mol. The molecule has 2 atom stereocenters. The lowest BCUT2D eigenvalue weighted by atomic mass is 9.95. The van der Waals surface area contributed by atoms with Gasteiger partial charge in [-0.15, -0.1) is 0 Å². The summed E-state index contributed by atoms with van der Waals surface area (Å²) in [6, 6.07) is 16.8. The molecule has 2 aromatic rings. The van der Waals surface area contributed by atoms with Crippen molar-refractivity contribution < 1.29 is 14.6 Å². The predicted octanol–water partition coefficient (Wildman–Crippen LogP) is 2.70. The molecule has 1 N–H and O–H groups in total. The van der Waals surface area contributed by atoms with E-state index in [4.69, 9.17) is 4.74 Å². The lowest BCUT2D eigenvalue weighted by molar-refractivity contribution is -0.132. The van der Waals surface area contributed by atoms with E-state index >= 15 is 0 Å². The smallest absolute Gasteiger partial charge is 0.247 e. The molecule has 0 unspecified atom stereocenters. The quantitative estimate of drug-likeness (QED) is 0.944. The molecule has 4 heteroatoms. The van der Waals surface area contributed by atoms with Gasteiger partial charge in [0.2, 0.25) is 5.91 Å². The van der Waals surface area contributed by atoms with Gasteiger partial charge in [0.1, 0.15) is 5.75 Å². The van der Waals surface area contributed by atoms with Crippen LogP contribution >= 0.6 is 0 Å². The molecule has 0 saturated carbocycles.